The summed E-state index contributed by atoms with van der Waals surface area (Å²) in [6, 6.07) is 6.63. The third kappa shape index (κ3) is 2.62. The summed E-state index contributed by atoms with van der Waals surface area (Å²) < 4.78 is 13.5. The third-order valence-electron chi connectivity index (χ3n) is 2.48. The molecule has 88 valence electrons. The van der Waals surface area contributed by atoms with Crippen molar-refractivity contribution in [3.63, 3.8) is 0 Å². The SMILES string of the molecule is Cc1cc(Cl)cc(C(O)c2ccncc2F)c1. The predicted octanol–water partition coefficient (Wildman–Crippen LogP) is 3.26. The Morgan fingerprint density at radius 3 is 2.76 bits per heavy atom. The van der Waals surface area contributed by atoms with E-state index in [-0.39, 0.29) is 5.56 Å². The van der Waals surface area contributed by atoms with Crippen LogP contribution in [0.3, 0.4) is 0 Å². The minimum atomic E-state index is -1.03. The van der Waals surface area contributed by atoms with E-state index in [9.17, 15) is 9.50 Å². The van der Waals surface area contributed by atoms with E-state index < -0.39 is 11.9 Å². The number of nitrogens with zero attached hydrogens (tertiary/aromatic N) is 1. The van der Waals surface area contributed by atoms with Gasteiger partial charge in [0.05, 0.1) is 6.20 Å². The van der Waals surface area contributed by atoms with Crippen LogP contribution in [0.25, 0.3) is 0 Å². The number of halogens is 2. The summed E-state index contributed by atoms with van der Waals surface area (Å²) in [6.45, 7) is 1.87. The minimum Gasteiger partial charge on any atom is -0.384 e. The lowest BCUT2D eigenvalue weighted by atomic mass is 10.0. The number of pyridine rings is 1. The molecule has 0 fully saturated rings. The van der Waals surface area contributed by atoms with Gasteiger partial charge in [0.1, 0.15) is 11.9 Å². The van der Waals surface area contributed by atoms with Crippen molar-refractivity contribution in [3.05, 3.63) is 64.2 Å². The predicted molar refractivity (Wildman–Crippen MR) is 64.4 cm³/mol. The molecule has 1 unspecified atom stereocenters. The molecule has 2 nitrogen and oxygen atoms in total. The number of rotatable bonds is 2. The van der Waals surface area contributed by atoms with Crippen LogP contribution in [0, 0.1) is 12.7 Å². The van der Waals surface area contributed by atoms with Crippen molar-refractivity contribution in [2.75, 3.05) is 0 Å². The van der Waals surface area contributed by atoms with Gasteiger partial charge in [-0.1, -0.05) is 17.7 Å². The van der Waals surface area contributed by atoms with E-state index in [0.29, 0.717) is 10.6 Å². The second-order valence-electron chi connectivity index (χ2n) is 3.86. The van der Waals surface area contributed by atoms with Crippen molar-refractivity contribution in [2.45, 2.75) is 13.0 Å². The van der Waals surface area contributed by atoms with E-state index >= 15 is 0 Å². The molecule has 0 aliphatic heterocycles. The molecular weight excluding hydrogens is 241 g/mol. The summed E-state index contributed by atoms with van der Waals surface area (Å²) in [5.74, 6) is -0.530. The van der Waals surface area contributed by atoms with Crippen LogP contribution in [-0.4, -0.2) is 10.1 Å². The van der Waals surface area contributed by atoms with E-state index in [1.165, 1.54) is 12.3 Å². The highest BCUT2D eigenvalue weighted by Crippen LogP contribution is 2.26. The molecule has 0 radical (unpaired) electrons. The summed E-state index contributed by atoms with van der Waals surface area (Å²) in [5, 5.41) is 10.6. The lowest BCUT2D eigenvalue weighted by Gasteiger charge is -2.13. The van der Waals surface area contributed by atoms with Gasteiger partial charge in [0, 0.05) is 16.8 Å². The van der Waals surface area contributed by atoms with Gasteiger partial charge < -0.3 is 5.11 Å². The van der Waals surface area contributed by atoms with Gasteiger partial charge in [-0.05, 0) is 36.2 Å². The Morgan fingerprint density at radius 1 is 1.35 bits per heavy atom. The molecule has 0 saturated heterocycles. The Labute approximate surface area is 104 Å². The molecule has 4 heteroatoms. The molecule has 0 saturated carbocycles. The lowest BCUT2D eigenvalue weighted by Crippen LogP contribution is -2.03. The molecule has 0 bridgehead atoms. The highest BCUT2D eigenvalue weighted by atomic mass is 35.5. The van der Waals surface area contributed by atoms with E-state index in [4.69, 9.17) is 11.6 Å². The Bertz CT molecular complexity index is 524. The smallest absolute Gasteiger partial charge is 0.147 e. The van der Waals surface area contributed by atoms with Gasteiger partial charge in [0.25, 0.3) is 0 Å². The van der Waals surface area contributed by atoms with Crippen LogP contribution in [-0.2, 0) is 0 Å². The average molecular weight is 252 g/mol. The molecule has 0 aliphatic rings. The summed E-state index contributed by atoms with van der Waals surface area (Å²) in [6.07, 6.45) is 1.49. The summed E-state index contributed by atoms with van der Waals surface area (Å²) in [7, 11) is 0. The van der Waals surface area contributed by atoms with Crippen LogP contribution < -0.4 is 0 Å². The summed E-state index contributed by atoms with van der Waals surface area (Å²) in [4.78, 5) is 3.64. The fourth-order valence-electron chi connectivity index (χ4n) is 1.71. The average Bonchev–Trinajstić information content (AvgIpc) is 2.27. The topological polar surface area (TPSA) is 33.1 Å². The molecule has 0 spiro atoms. The molecule has 1 heterocycles. The number of hydrogen-bond acceptors (Lipinski definition) is 2. The Hall–Kier alpha value is -1.45. The van der Waals surface area contributed by atoms with Crippen molar-refractivity contribution in [2.24, 2.45) is 0 Å². The number of aryl methyl sites for hydroxylation is 1. The Kier molecular flexibility index (Phi) is 3.41. The first-order valence-corrected chi connectivity index (χ1v) is 5.50. The quantitative estimate of drug-likeness (QED) is 0.889. The van der Waals surface area contributed by atoms with Crippen LogP contribution in [0.4, 0.5) is 4.39 Å². The Morgan fingerprint density at radius 2 is 2.12 bits per heavy atom. The van der Waals surface area contributed by atoms with Crippen molar-refractivity contribution < 1.29 is 9.50 Å². The van der Waals surface area contributed by atoms with Crippen LogP contribution in [0.5, 0.6) is 0 Å². The first-order valence-electron chi connectivity index (χ1n) is 5.12. The zero-order chi connectivity index (χ0) is 12.4. The first kappa shape index (κ1) is 12.0. The van der Waals surface area contributed by atoms with Gasteiger partial charge >= 0.3 is 0 Å². The summed E-state index contributed by atoms with van der Waals surface area (Å²) >= 11 is 5.90. The van der Waals surface area contributed by atoms with E-state index in [2.05, 4.69) is 4.98 Å². The fraction of sp³-hybridized carbons (Fsp3) is 0.154. The van der Waals surface area contributed by atoms with Crippen molar-refractivity contribution in [1.29, 1.82) is 0 Å². The third-order valence-corrected chi connectivity index (χ3v) is 2.70. The molecular formula is C13H11ClFNO. The maximum absolute atomic E-state index is 13.5. The van der Waals surface area contributed by atoms with Gasteiger partial charge in [0.15, 0.2) is 0 Å². The maximum Gasteiger partial charge on any atom is 0.147 e. The fourth-order valence-corrected chi connectivity index (χ4v) is 2.01. The highest BCUT2D eigenvalue weighted by molar-refractivity contribution is 6.30. The van der Waals surface area contributed by atoms with Crippen LogP contribution in [0.1, 0.15) is 22.8 Å². The second-order valence-corrected chi connectivity index (χ2v) is 4.30. The number of aromatic nitrogens is 1. The standard InChI is InChI=1S/C13H11ClFNO/c1-8-4-9(6-10(14)5-8)13(17)11-2-3-16-7-12(11)15/h2-7,13,17H,1H3. The molecule has 1 N–H and O–H groups in total. The molecule has 1 atom stereocenters. The molecule has 1 aromatic heterocycles. The lowest BCUT2D eigenvalue weighted by molar-refractivity contribution is 0.214. The zero-order valence-electron chi connectivity index (χ0n) is 9.19. The molecule has 2 aromatic rings. The normalized spacial score (nSPS) is 12.5. The number of aliphatic hydroxyl groups excluding tert-OH is 1. The van der Waals surface area contributed by atoms with E-state index in [1.54, 1.807) is 18.2 Å². The van der Waals surface area contributed by atoms with E-state index in [1.807, 2.05) is 6.92 Å². The number of hydrogen-bond donors (Lipinski definition) is 1. The Balaban J connectivity index is 2.43. The van der Waals surface area contributed by atoms with Gasteiger partial charge in [-0.3, -0.25) is 4.98 Å². The second kappa shape index (κ2) is 4.82. The largest absolute Gasteiger partial charge is 0.384 e. The maximum atomic E-state index is 13.5. The highest BCUT2D eigenvalue weighted by Gasteiger charge is 2.15. The molecule has 0 aliphatic carbocycles. The molecule has 0 amide bonds. The van der Waals surface area contributed by atoms with Crippen LogP contribution >= 0.6 is 11.6 Å². The van der Waals surface area contributed by atoms with Crippen LogP contribution in [0.15, 0.2) is 36.7 Å². The van der Waals surface area contributed by atoms with Gasteiger partial charge in [0.2, 0.25) is 0 Å². The molecule has 1 aromatic carbocycles. The zero-order valence-corrected chi connectivity index (χ0v) is 9.95. The van der Waals surface area contributed by atoms with Crippen molar-refractivity contribution in [1.82, 2.24) is 4.98 Å². The van der Waals surface area contributed by atoms with E-state index in [0.717, 1.165) is 11.8 Å². The summed E-state index contributed by atoms with van der Waals surface area (Å²) in [5.41, 5.74) is 1.68. The molecule has 2 rings (SSSR count). The van der Waals surface area contributed by atoms with Gasteiger partial charge in [-0.15, -0.1) is 0 Å². The first-order chi connectivity index (χ1) is 8.08. The van der Waals surface area contributed by atoms with Gasteiger partial charge in [-0.2, -0.15) is 0 Å². The van der Waals surface area contributed by atoms with Crippen LogP contribution in [0.2, 0.25) is 5.02 Å². The number of aliphatic hydroxyl groups is 1. The number of benzene rings is 1. The van der Waals surface area contributed by atoms with Crippen molar-refractivity contribution >= 4 is 11.6 Å². The van der Waals surface area contributed by atoms with Gasteiger partial charge in [-0.25, -0.2) is 4.39 Å². The monoisotopic (exact) mass is 251 g/mol. The minimum absolute atomic E-state index is 0.196. The molecule has 17 heavy (non-hydrogen) atoms. The van der Waals surface area contributed by atoms with Crippen molar-refractivity contribution in [3.8, 4) is 0 Å².